The van der Waals surface area contributed by atoms with E-state index in [0.717, 1.165) is 18.8 Å². The van der Waals surface area contributed by atoms with Gasteiger partial charge in [-0.15, -0.1) is 11.3 Å². The van der Waals surface area contributed by atoms with E-state index in [0.29, 0.717) is 16.7 Å². The van der Waals surface area contributed by atoms with E-state index in [1.165, 1.54) is 35.6 Å². The summed E-state index contributed by atoms with van der Waals surface area (Å²) < 4.78 is 30.4. The molecule has 10 heteroatoms. The quantitative estimate of drug-likeness (QED) is 0.738. The van der Waals surface area contributed by atoms with Crippen LogP contribution in [-0.4, -0.2) is 55.3 Å². The Morgan fingerprint density at radius 1 is 1.29 bits per heavy atom. The Morgan fingerprint density at radius 2 is 1.93 bits per heavy atom. The third kappa shape index (κ3) is 5.74. The minimum atomic E-state index is -3.74. The SMILES string of the molecule is CC1CN(Cc2csc(NC(=O)CS(=O)(=O)c3ccc(Cl)cc3)n2)CC(C)O1. The molecule has 3 rings (SSSR count). The third-order valence-corrected chi connectivity index (χ3v) is 6.86. The van der Waals surface area contributed by atoms with Crippen molar-refractivity contribution in [3.63, 3.8) is 0 Å². The number of rotatable bonds is 6. The number of thiazole rings is 1. The molecule has 0 bridgehead atoms. The highest BCUT2D eigenvalue weighted by molar-refractivity contribution is 7.92. The average molecular weight is 444 g/mol. The Balaban J connectivity index is 1.57. The molecule has 1 aromatic heterocycles. The maximum Gasteiger partial charge on any atom is 0.241 e. The van der Waals surface area contributed by atoms with Crippen molar-refractivity contribution in [1.82, 2.24) is 9.88 Å². The first-order valence-corrected chi connectivity index (χ1v) is 11.7. The number of ether oxygens (including phenoxy) is 1. The van der Waals surface area contributed by atoms with E-state index in [2.05, 4.69) is 15.2 Å². The molecule has 0 saturated carbocycles. The molecule has 2 heterocycles. The molecule has 1 N–H and O–H groups in total. The van der Waals surface area contributed by atoms with E-state index >= 15 is 0 Å². The lowest BCUT2D eigenvalue weighted by Crippen LogP contribution is -2.44. The predicted octanol–water partition coefficient (Wildman–Crippen LogP) is 2.82. The van der Waals surface area contributed by atoms with Crippen LogP contribution in [0.5, 0.6) is 0 Å². The number of nitrogens with one attached hydrogen (secondary N) is 1. The molecule has 2 atom stereocenters. The van der Waals surface area contributed by atoms with Crippen molar-refractivity contribution in [3.05, 3.63) is 40.4 Å². The number of sulfone groups is 1. The number of benzene rings is 1. The maximum absolute atomic E-state index is 12.3. The summed E-state index contributed by atoms with van der Waals surface area (Å²) in [6.07, 6.45) is 0.333. The van der Waals surface area contributed by atoms with Crippen molar-refractivity contribution in [2.45, 2.75) is 37.5 Å². The monoisotopic (exact) mass is 443 g/mol. The zero-order valence-electron chi connectivity index (χ0n) is 15.6. The minimum absolute atomic E-state index is 0.0578. The first-order valence-electron chi connectivity index (χ1n) is 8.81. The van der Waals surface area contributed by atoms with Gasteiger partial charge in [-0.05, 0) is 38.1 Å². The Bertz CT molecular complexity index is 921. The summed E-state index contributed by atoms with van der Waals surface area (Å²) >= 11 is 7.05. The van der Waals surface area contributed by atoms with Crippen molar-refractivity contribution < 1.29 is 17.9 Å². The Kier molecular flexibility index (Phi) is 6.72. The summed E-state index contributed by atoms with van der Waals surface area (Å²) in [7, 11) is -3.74. The number of anilines is 1. The second-order valence-corrected chi connectivity index (χ2v) is 10.1. The van der Waals surface area contributed by atoms with E-state index in [-0.39, 0.29) is 17.1 Å². The van der Waals surface area contributed by atoms with Gasteiger partial charge in [0.25, 0.3) is 0 Å². The van der Waals surface area contributed by atoms with E-state index in [4.69, 9.17) is 16.3 Å². The van der Waals surface area contributed by atoms with Crippen LogP contribution in [-0.2, 0) is 25.9 Å². The third-order valence-electron chi connectivity index (χ3n) is 4.17. The molecule has 1 aromatic carbocycles. The molecule has 152 valence electrons. The van der Waals surface area contributed by atoms with Crippen LogP contribution in [0.25, 0.3) is 0 Å². The lowest BCUT2D eigenvalue weighted by Gasteiger charge is -2.34. The number of nitrogens with zero attached hydrogens (tertiary/aromatic N) is 2. The zero-order valence-corrected chi connectivity index (χ0v) is 18.0. The van der Waals surface area contributed by atoms with Crippen LogP contribution in [0.1, 0.15) is 19.5 Å². The van der Waals surface area contributed by atoms with E-state index in [1.54, 1.807) is 0 Å². The molecule has 1 saturated heterocycles. The largest absolute Gasteiger partial charge is 0.373 e. The van der Waals surface area contributed by atoms with Crippen LogP contribution in [0.4, 0.5) is 5.13 Å². The molecule has 2 unspecified atom stereocenters. The molecule has 1 amide bonds. The number of morpholine rings is 1. The van der Waals surface area contributed by atoms with Gasteiger partial charge in [0.2, 0.25) is 5.91 Å². The summed E-state index contributed by atoms with van der Waals surface area (Å²) in [5.41, 5.74) is 0.835. The van der Waals surface area contributed by atoms with Gasteiger partial charge in [0.15, 0.2) is 15.0 Å². The Hall–Kier alpha value is -1.52. The van der Waals surface area contributed by atoms with Crippen molar-refractivity contribution >= 4 is 43.8 Å². The number of hydrogen-bond donors (Lipinski definition) is 1. The molecular weight excluding hydrogens is 422 g/mol. The molecule has 1 fully saturated rings. The molecule has 0 aliphatic carbocycles. The average Bonchev–Trinajstić information content (AvgIpc) is 3.00. The fourth-order valence-electron chi connectivity index (χ4n) is 3.13. The van der Waals surface area contributed by atoms with Gasteiger partial charge in [0.05, 0.1) is 22.8 Å². The lowest BCUT2D eigenvalue weighted by atomic mass is 10.2. The summed E-state index contributed by atoms with van der Waals surface area (Å²) in [5, 5.41) is 5.27. The van der Waals surface area contributed by atoms with Gasteiger partial charge >= 0.3 is 0 Å². The van der Waals surface area contributed by atoms with Gasteiger partial charge in [0.1, 0.15) is 5.75 Å². The summed E-state index contributed by atoms with van der Waals surface area (Å²) in [4.78, 5) is 18.9. The van der Waals surface area contributed by atoms with Crippen molar-refractivity contribution in [1.29, 1.82) is 0 Å². The molecule has 1 aliphatic rings. The summed E-state index contributed by atoms with van der Waals surface area (Å²) in [6.45, 7) is 6.38. The Morgan fingerprint density at radius 3 is 2.57 bits per heavy atom. The Labute approximate surface area is 173 Å². The number of amides is 1. The number of hydrogen-bond acceptors (Lipinski definition) is 7. The number of carbonyl (C=O) groups excluding carboxylic acids is 1. The molecule has 2 aromatic rings. The predicted molar refractivity (Wildman–Crippen MR) is 110 cm³/mol. The smallest absolute Gasteiger partial charge is 0.241 e. The van der Waals surface area contributed by atoms with Crippen LogP contribution < -0.4 is 5.32 Å². The van der Waals surface area contributed by atoms with E-state index in [9.17, 15) is 13.2 Å². The second kappa shape index (κ2) is 8.87. The highest BCUT2D eigenvalue weighted by Gasteiger charge is 2.23. The normalized spacial score (nSPS) is 20.8. The van der Waals surface area contributed by atoms with Crippen LogP contribution >= 0.6 is 22.9 Å². The van der Waals surface area contributed by atoms with Crippen LogP contribution in [0.2, 0.25) is 5.02 Å². The summed E-state index contributed by atoms with van der Waals surface area (Å²) in [5.74, 6) is -1.27. The van der Waals surface area contributed by atoms with Crippen molar-refractivity contribution in [2.24, 2.45) is 0 Å². The first-order chi connectivity index (χ1) is 13.2. The standard InChI is InChI=1S/C18H22ClN3O4S2/c1-12-7-22(8-13(2)26-12)9-15-10-27-18(20-15)21-17(23)11-28(24,25)16-5-3-14(19)4-6-16/h3-6,10,12-13H,7-9,11H2,1-2H3,(H,20,21,23). The van der Waals surface area contributed by atoms with Crippen molar-refractivity contribution in [3.8, 4) is 0 Å². The van der Waals surface area contributed by atoms with Gasteiger partial charge in [-0.2, -0.15) is 0 Å². The molecule has 0 radical (unpaired) electrons. The van der Waals surface area contributed by atoms with Crippen LogP contribution in [0.3, 0.4) is 0 Å². The highest BCUT2D eigenvalue weighted by atomic mass is 35.5. The molecule has 1 aliphatic heterocycles. The van der Waals surface area contributed by atoms with Gasteiger partial charge in [-0.3, -0.25) is 9.69 Å². The molecule has 0 spiro atoms. The fraction of sp³-hybridized carbons (Fsp3) is 0.444. The van der Waals surface area contributed by atoms with Gasteiger partial charge in [-0.25, -0.2) is 13.4 Å². The van der Waals surface area contributed by atoms with Crippen LogP contribution in [0.15, 0.2) is 34.5 Å². The topological polar surface area (TPSA) is 88.6 Å². The number of halogens is 1. The van der Waals surface area contributed by atoms with Gasteiger partial charge < -0.3 is 10.1 Å². The van der Waals surface area contributed by atoms with Crippen molar-refractivity contribution in [2.75, 3.05) is 24.2 Å². The minimum Gasteiger partial charge on any atom is -0.373 e. The molecule has 28 heavy (non-hydrogen) atoms. The maximum atomic E-state index is 12.3. The van der Waals surface area contributed by atoms with Gasteiger partial charge in [-0.1, -0.05) is 11.6 Å². The number of aromatic nitrogens is 1. The van der Waals surface area contributed by atoms with Gasteiger partial charge in [0, 0.05) is 30.0 Å². The highest BCUT2D eigenvalue weighted by Crippen LogP contribution is 2.20. The van der Waals surface area contributed by atoms with Crippen LogP contribution in [0, 0.1) is 0 Å². The first kappa shape index (κ1) is 21.2. The summed E-state index contributed by atoms with van der Waals surface area (Å²) in [6, 6.07) is 5.73. The zero-order chi connectivity index (χ0) is 20.3. The molecule has 7 nitrogen and oxygen atoms in total. The molecular formula is C18H22ClN3O4S2. The second-order valence-electron chi connectivity index (χ2n) is 6.86. The fourth-order valence-corrected chi connectivity index (χ4v) is 5.11. The number of carbonyl (C=O) groups is 1. The van der Waals surface area contributed by atoms with E-state index < -0.39 is 21.5 Å². The van der Waals surface area contributed by atoms with E-state index in [1.807, 2.05) is 19.2 Å². The lowest BCUT2D eigenvalue weighted by molar-refractivity contribution is -0.113.